The number of aliphatic hydroxyl groups is 2. The first-order valence-corrected chi connectivity index (χ1v) is 6.92. The second kappa shape index (κ2) is 7.73. The predicted octanol–water partition coefficient (Wildman–Crippen LogP) is 1.26. The number of hydrogen-bond acceptors (Lipinski definition) is 6. The molecule has 7 nitrogen and oxygen atoms in total. The van der Waals surface area contributed by atoms with Crippen LogP contribution in [0.25, 0.3) is 0 Å². The van der Waals surface area contributed by atoms with Crippen molar-refractivity contribution in [3.8, 4) is 6.07 Å². The number of ether oxygens (including phenoxy) is 1. The summed E-state index contributed by atoms with van der Waals surface area (Å²) in [6, 6.07) is 4.80. The molecule has 1 aromatic rings. The highest BCUT2D eigenvalue weighted by molar-refractivity contribution is 5.67. The lowest BCUT2D eigenvalue weighted by atomic mass is 10.0. The van der Waals surface area contributed by atoms with E-state index in [1.54, 1.807) is 20.8 Å². The number of hydrogen-bond donors (Lipinski definition) is 3. The first-order chi connectivity index (χ1) is 10.2. The van der Waals surface area contributed by atoms with Gasteiger partial charge in [-0.2, -0.15) is 5.26 Å². The van der Waals surface area contributed by atoms with E-state index in [4.69, 9.17) is 10.00 Å². The van der Waals surface area contributed by atoms with Crippen LogP contribution < -0.4 is 5.32 Å². The highest BCUT2D eigenvalue weighted by Crippen LogP contribution is 2.18. The van der Waals surface area contributed by atoms with Crippen LogP contribution in [0.4, 0.5) is 4.79 Å². The van der Waals surface area contributed by atoms with Crippen molar-refractivity contribution in [2.75, 3.05) is 6.54 Å². The normalized spacial score (nSPS) is 13.8. The fraction of sp³-hybridized carbons (Fsp3) is 0.533. The Hall–Kier alpha value is -2.17. The Bertz CT molecular complexity index is 548. The van der Waals surface area contributed by atoms with Crippen molar-refractivity contribution in [2.45, 2.75) is 45.0 Å². The van der Waals surface area contributed by atoms with Gasteiger partial charge >= 0.3 is 6.09 Å². The van der Waals surface area contributed by atoms with E-state index in [0.717, 1.165) is 0 Å². The van der Waals surface area contributed by atoms with Crippen LogP contribution in [0.1, 0.15) is 44.6 Å². The van der Waals surface area contributed by atoms with Gasteiger partial charge in [0.2, 0.25) is 0 Å². The van der Waals surface area contributed by atoms with E-state index < -0.39 is 23.9 Å². The topological polar surface area (TPSA) is 115 Å². The lowest BCUT2D eigenvalue weighted by Crippen LogP contribution is -2.34. The number of amides is 1. The summed E-state index contributed by atoms with van der Waals surface area (Å²) in [5, 5.41) is 31.2. The molecule has 0 aliphatic rings. The summed E-state index contributed by atoms with van der Waals surface area (Å²) in [6.45, 7) is 5.41. The monoisotopic (exact) mass is 307 g/mol. The number of carbonyl (C=O) groups is 1. The molecule has 0 bridgehead atoms. The van der Waals surface area contributed by atoms with Crippen molar-refractivity contribution >= 4 is 6.09 Å². The molecule has 0 saturated carbocycles. The Morgan fingerprint density at radius 1 is 1.50 bits per heavy atom. The molecule has 1 rings (SSSR count). The molecule has 0 aliphatic heterocycles. The third-order valence-corrected chi connectivity index (χ3v) is 2.71. The summed E-state index contributed by atoms with van der Waals surface area (Å²) in [6.07, 6.45) is -1.28. The van der Waals surface area contributed by atoms with E-state index in [9.17, 15) is 15.0 Å². The van der Waals surface area contributed by atoms with Gasteiger partial charge in [0.05, 0.1) is 6.10 Å². The number of rotatable bonds is 5. The molecule has 0 aromatic carbocycles. The molecule has 0 aliphatic carbocycles. The van der Waals surface area contributed by atoms with Crippen molar-refractivity contribution < 1.29 is 19.7 Å². The van der Waals surface area contributed by atoms with Crippen LogP contribution in [0.15, 0.2) is 18.3 Å². The largest absolute Gasteiger partial charge is 0.444 e. The molecule has 2 unspecified atom stereocenters. The van der Waals surface area contributed by atoms with Crippen molar-refractivity contribution in [1.82, 2.24) is 10.3 Å². The summed E-state index contributed by atoms with van der Waals surface area (Å²) in [5.74, 6) is 0. The third kappa shape index (κ3) is 6.08. The number of alkyl carbamates (subject to hydrolysis) is 1. The second-order valence-corrected chi connectivity index (χ2v) is 5.82. The number of nitriles is 1. The zero-order valence-electron chi connectivity index (χ0n) is 12.9. The van der Waals surface area contributed by atoms with Crippen LogP contribution >= 0.6 is 0 Å². The average molecular weight is 307 g/mol. The Morgan fingerprint density at radius 3 is 2.77 bits per heavy atom. The van der Waals surface area contributed by atoms with Crippen LogP contribution in [0.2, 0.25) is 0 Å². The van der Waals surface area contributed by atoms with E-state index in [1.165, 1.54) is 18.3 Å². The summed E-state index contributed by atoms with van der Waals surface area (Å²) in [5.41, 5.74) is -0.0283. The first-order valence-electron chi connectivity index (χ1n) is 6.92. The second-order valence-electron chi connectivity index (χ2n) is 5.82. The molecule has 2 atom stereocenters. The van der Waals surface area contributed by atoms with Gasteiger partial charge < -0.3 is 20.3 Å². The van der Waals surface area contributed by atoms with Gasteiger partial charge in [0.15, 0.2) is 0 Å². The summed E-state index contributed by atoms with van der Waals surface area (Å²) >= 11 is 0. The fourth-order valence-corrected chi connectivity index (χ4v) is 1.71. The van der Waals surface area contributed by atoms with Gasteiger partial charge in [-0.05, 0) is 44.9 Å². The maximum Gasteiger partial charge on any atom is 0.407 e. The van der Waals surface area contributed by atoms with Crippen molar-refractivity contribution in [3.05, 3.63) is 29.6 Å². The highest BCUT2D eigenvalue weighted by Gasteiger charge is 2.20. The smallest absolute Gasteiger partial charge is 0.407 e. The lowest BCUT2D eigenvalue weighted by Gasteiger charge is -2.21. The van der Waals surface area contributed by atoms with Crippen LogP contribution in [0.5, 0.6) is 0 Å². The van der Waals surface area contributed by atoms with Gasteiger partial charge in [0.25, 0.3) is 0 Å². The van der Waals surface area contributed by atoms with Crippen LogP contribution in [0.3, 0.4) is 0 Å². The van der Waals surface area contributed by atoms with E-state index in [-0.39, 0.29) is 18.7 Å². The highest BCUT2D eigenvalue weighted by atomic mass is 16.6. The van der Waals surface area contributed by atoms with Gasteiger partial charge in [-0.25, -0.2) is 9.78 Å². The van der Waals surface area contributed by atoms with Gasteiger partial charge in [-0.3, -0.25) is 0 Å². The quantitative estimate of drug-likeness (QED) is 0.754. The molecule has 22 heavy (non-hydrogen) atoms. The molecule has 3 N–H and O–H groups in total. The van der Waals surface area contributed by atoms with E-state index in [2.05, 4.69) is 10.3 Å². The number of aliphatic hydroxyl groups excluding tert-OH is 2. The summed E-state index contributed by atoms with van der Waals surface area (Å²) < 4.78 is 5.06. The zero-order chi connectivity index (χ0) is 16.8. The van der Waals surface area contributed by atoms with Crippen LogP contribution in [-0.4, -0.2) is 39.5 Å². The standard InChI is InChI=1S/C15H21N3O4/c1-15(2,3)22-14(21)18-7-5-12(19)13(20)10-4-6-17-11(8-10)9-16/h4,6,8,12-13,19-20H,5,7H2,1-3H3,(H,18,21). The maximum absolute atomic E-state index is 11.4. The molecule has 0 saturated heterocycles. The van der Waals surface area contributed by atoms with Crippen molar-refractivity contribution in [2.24, 2.45) is 0 Å². The molecule has 120 valence electrons. The van der Waals surface area contributed by atoms with Crippen molar-refractivity contribution in [1.29, 1.82) is 5.26 Å². The minimum absolute atomic E-state index is 0.143. The van der Waals surface area contributed by atoms with Gasteiger partial charge in [-0.1, -0.05) is 0 Å². The zero-order valence-corrected chi connectivity index (χ0v) is 12.9. The molecular weight excluding hydrogens is 286 g/mol. The number of nitrogens with zero attached hydrogens (tertiary/aromatic N) is 2. The average Bonchev–Trinajstić information content (AvgIpc) is 2.44. The van der Waals surface area contributed by atoms with E-state index in [1.807, 2.05) is 6.07 Å². The summed E-state index contributed by atoms with van der Waals surface area (Å²) in [4.78, 5) is 15.2. The first kappa shape index (κ1) is 17.9. The van der Waals surface area contributed by atoms with Gasteiger partial charge in [0, 0.05) is 12.7 Å². The SMILES string of the molecule is CC(C)(C)OC(=O)NCCC(O)C(O)c1ccnc(C#N)c1. The molecular formula is C15H21N3O4. The Morgan fingerprint density at radius 2 is 2.18 bits per heavy atom. The third-order valence-electron chi connectivity index (χ3n) is 2.71. The molecule has 0 fully saturated rings. The van der Waals surface area contributed by atoms with Crippen molar-refractivity contribution in [3.63, 3.8) is 0 Å². The van der Waals surface area contributed by atoms with Gasteiger partial charge in [0.1, 0.15) is 23.5 Å². The Kier molecular flexibility index (Phi) is 6.28. The molecule has 1 heterocycles. The molecule has 1 aromatic heterocycles. The van der Waals surface area contributed by atoms with Crippen LogP contribution in [0, 0.1) is 11.3 Å². The van der Waals surface area contributed by atoms with E-state index >= 15 is 0 Å². The summed E-state index contributed by atoms with van der Waals surface area (Å²) in [7, 11) is 0. The predicted molar refractivity (Wildman–Crippen MR) is 78.8 cm³/mol. The number of pyridine rings is 1. The van der Waals surface area contributed by atoms with E-state index in [0.29, 0.717) is 5.56 Å². The number of nitrogens with one attached hydrogen (secondary N) is 1. The minimum atomic E-state index is -1.16. The molecule has 7 heteroatoms. The van der Waals surface area contributed by atoms with Gasteiger partial charge in [-0.15, -0.1) is 0 Å². The minimum Gasteiger partial charge on any atom is -0.444 e. The maximum atomic E-state index is 11.4. The Balaban J connectivity index is 2.46. The number of carbonyl (C=O) groups excluding carboxylic acids is 1. The number of aromatic nitrogens is 1. The molecule has 0 radical (unpaired) electrons. The fourth-order valence-electron chi connectivity index (χ4n) is 1.71. The molecule has 1 amide bonds. The lowest BCUT2D eigenvalue weighted by molar-refractivity contribution is 0.0122. The van der Waals surface area contributed by atoms with Crippen LogP contribution in [-0.2, 0) is 4.74 Å². The molecule has 0 spiro atoms. The Labute approximate surface area is 129 Å².